The molecule has 0 radical (unpaired) electrons. The molecule has 1 unspecified atom stereocenters. The maximum atomic E-state index is 12.2. The molecule has 10 heteroatoms. The van der Waals surface area contributed by atoms with Crippen LogP contribution in [-0.2, 0) is 16.1 Å². The number of aromatic nitrogens is 3. The van der Waals surface area contributed by atoms with Crippen LogP contribution in [0.4, 0.5) is 0 Å². The zero-order valence-corrected chi connectivity index (χ0v) is 20.5. The van der Waals surface area contributed by atoms with Crippen LogP contribution in [0.25, 0.3) is 16.7 Å². The minimum absolute atomic E-state index is 0.0427. The second kappa shape index (κ2) is 9.79. The summed E-state index contributed by atoms with van der Waals surface area (Å²) >= 11 is 0. The highest BCUT2D eigenvalue weighted by atomic mass is 16.3. The zero-order valence-electron chi connectivity index (χ0n) is 20.5. The maximum absolute atomic E-state index is 12.2. The first-order chi connectivity index (χ1) is 17.1. The molecule has 1 fully saturated rings. The van der Waals surface area contributed by atoms with Crippen LogP contribution < -0.4 is 5.73 Å². The van der Waals surface area contributed by atoms with Crippen molar-refractivity contribution in [3.63, 3.8) is 0 Å². The highest BCUT2D eigenvalue weighted by Gasteiger charge is 2.42. The topological polar surface area (TPSA) is 135 Å². The van der Waals surface area contributed by atoms with Gasteiger partial charge in [-0.2, -0.15) is 5.10 Å². The molecule has 3 N–H and O–H groups in total. The number of fused-ring (bicyclic) bond motifs is 1. The standard InChI is InChI=1S/C26H28N6O4/c1-4-5-22(33)31(3)16-18-6-7-20-19(14-18)23(24(27)34)29-32(20)21-15-17(9-12-28-21)8-10-26(36)11-13-30(2)25(26)35/h6-7,9,12,14-15,36H,4-5,11,13,16H2,1-3H3,(H2,27,34). The predicted octanol–water partition coefficient (Wildman–Crippen LogP) is 1.22. The fourth-order valence-electron chi connectivity index (χ4n) is 4.14. The van der Waals surface area contributed by atoms with Crippen LogP contribution in [0.1, 0.15) is 47.8 Å². The monoisotopic (exact) mass is 488 g/mol. The van der Waals surface area contributed by atoms with Gasteiger partial charge in [-0.3, -0.25) is 14.4 Å². The molecule has 2 aromatic heterocycles. The van der Waals surface area contributed by atoms with Gasteiger partial charge in [-0.25, -0.2) is 9.67 Å². The van der Waals surface area contributed by atoms with E-state index < -0.39 is 17.4 Å². The Bertz CT molecular complexity index is 1420. The molecule has 1 atom stereocenters. The van der Waals surface area contributed by atoms with E-state index >= 15 is 0 Å². The van der Waals surface area contributed by atoms with Crippen molar-refractivity contribution in [1.29, 1.82) is 0 Å². The number of amides is 3. The molecule has 1 aliphatic heterocycles. The number of aliphatic hydroxyl groups is 1. The number of rotatable bonds is 6. The summed E-state index contributed by atoms with van der Waals surface area (Å²) in [7, 11) is 3.36. The molecular weight excluding hydrogens is 460 g/mol. The number of primary amides is 1. The number of nitrogens with two attached hydrogens (primary N) is 1. The predicted molar refractivity (Wildman–Crippen MR) is 133 cm³/mol. The summed E-state index contributed by atoms with van der Waals surface area (Å²) in [5, 5.41) is 15.5. The van der Waals surface area contributed by atoms with Gasteiger partial charge in [-0.15, -0.1) is 0 Å². The summed E-state index contributed by atoms with van der Waals surface area (Å²) in [6, 6.07) is 8.78. The molecule has 3 amide bonds. The zero-order chi connectivity index (χ0) is 26.0. The van der Waals surface area contributed by atoms with Crippen molar-refractivity contribution < 1.29 is 19.5 Å². The van der Waals surface area contributed by atoms with E-state index in [1.807, 2.05) is 13.0 Å². The molecule has 1 saturated heterocycles. The lowest BCUT2D eigenvalue weighted by Gasteiger charge is -2.17. The number of benzene rings is 1. The second-order valence-corrected chi connectivity index (χ2v) is 8.97. The Hall–Kier alpha value is -4.23. The molecule has 3 aromatic rings. The lowest BCUT2D eigenvalue weighted by atomic mass is 10.0. The van der Waals surface area contributed by atoms with E-state index in [2.05, 4.69) is 21.9 Å². The molecule has 1 aliphatic rings. The van der Waals surface area contributed by atoms with E-state index in [4.69, 9.17) is 5.73 Å². The van der Waals surface area contributed by atoms with Crippen LogP contribution in [0.3, 0.4) is 0 Å². The molecule has 0 bridgehead atoms. The van der Waals surface area contributed by atoms with Gasteiger partial charge in [0.25, 0.3) is 11.8 Å². The average Bonchev–Trinajstić information content (AvgIpc) is 3.36. The quantitative estimate of drug-likeness (QED) is 0.501. The SMILES string of the molecule is CCCC(=O)N(C)Cc1ccc2c(c1)c(C(N)=O)nn2-c1cc(C#CC2(O)CCN(C)C2=O)ccn1. The van der Waals surface area contributed by atoms with Gasteiger partial charge in [-0.1, -0.05) is 24.8 Å². The number of nitrogens with zero attached hydrogens (tertiary/aromatic N) is 5. The molecule has 0 spiro atoms. The van der Waals surface area contributed by atoms with Crippen molar-refractivity contribution in [2.24, 2.45) is 5.73 Å². The molecular formula is C26H28N6O4. The summed E-state index contributed by atoms with van der Waals surface area (Å²) < 4.78 is 1.50. The molecule has 3 heterocycles. The van der Waals surface area contributed by atoms with E-state index in [1.54, 1.807) is 43.3 Å². The first-order valence-electron chi connectivity index (χ1n) is 11.7. The van der Waals surface area contributed by atoms with Gasteiger partial charge in [0.15, 0.2) is 11.5 Å². The Kier molecular flexibility index (Phi) is 6.77. The molecule has 10 nitrogen and oxygen atoms in total. The Labute approximate surface area is 208 Å². The summed E-state index contributed by atoms with van der Waals surface area (Å²) in [6.45, 7) is 2.78. The van der Waals surface area contributed by atoms with Gasteiger partial charge in [0.1, 0.15) is 0 Å². The number of hydrogen-bond acceptors (Lipinski definition) is 6. The number of carbonyl (C=O) groups is 3. The van der Waals surface area contributed by atoms with Crippen LogP contribution in [0.5, 0.6) is 0 Å². The van der Waals surface area contributed by atoms with E-state index in [0.717, 1.165) is 12.0 Å². The first kappa shape index (κ1) is 24.9. The second-order valence-electron chi connectivity index (χ2n) is 8.97. The van der Waals surface area contributed by atoms with Gasteiger partial charge in [0, 0.05) is 57.2 Å². The van der Waals surface area contributed by atoms with Crippen LogP contribution in [0, 0.1) is 11.8 Å². The van der Waals surface area contributed by atoms with Crippen LogP contribution in [0.15, 0.2) is 36.5 Å². The Morgan fingerprint density at radius 2 is 2.06 bits per heavy atom. The number of likely N-dealkylation sites (tertiary alicyclic amines) is 1. The molecule has 0 aliphatic carbocycles. The number of pyridine rings is 1. The first-order valence-corrected chi connectivity index (χ1v) is 11.7. The number of hydrogen-bond donors (Lipinski definition) is 2. The van der Waals surface area contributed by atoms with Crippen LogP contribution in [0.2, 0.25) is 0 Å². The van der Waals surface area contributed by atoms with Crippen LogP contribution >= 0.6 is 0 Å². The minimum atomic E-state index is -1.71. The lowest BCUT2D eigenvalue weighted by Crippen LogP contribution is -2.37. The lowest BCUT2D eigenvalue weighted by molar-refractivity contribution is -0.137. The van der Waals surface area contributed by atoms with E-state index in [0.29, 0.717) is 41.8 Å². The van der Waals surface area contributed by atoms with Gasteiger partial charge < -0.3 is 20.6 Å². The van der Waals surface area contributed by atoms with E-state index in [-0.39, 0.29) is 18.0 Å². The Morgan fingerprint density at radius 3 is 2.72 bits per heavy atom. The van der Waals surface area contributed by atoms with Gasteiger partial charge in [0.05, 0.1) is 5.52 Å². The number of carbonyl (C=O) groups excluding carboxylic acids is 3. The number of likely N-dealkylation sites (N-methyl/N-ethyl adjacent to an activating group) is 1. The highest BCUT2D eigenvalue weighted by Crippen LogP contribution is 2.24. The molecule has 186 valence electrons. The summed E-state index contributed by atoms with van der Waals surface area (Å²) in [5.74, 6) is 4.87. The minimum Gasteiger partial charge on any atom is -0.369 e. The van der Waals surface area contributed by atoms with Crippen molar-refractivity contribution in [3.05, 3.63) is 53.3 Å². The Balaban J connectivity index is 1.69. The largest absolute Gasteiger partial charge is 0.369 e. The van der Waals surface area contributed by atoms with Gasteiger partial charge >= 0.3 is 0 Å². The van der Waals surface area contributed by atoms with Crippen LogP contribution in [-0.4, -0.2) is 73.6 Å². The van der Waals surface area contributed by atoms with Gasteiger partial charge in [0.2, 0.25) is 11.5 Å². The Morgan fingerprint density at radius 1 is 1.28 bits per heavy atom. The third kappa shape index (κ3) is 4.78. The van der Waals surface area contributed by atoms with Gasteiger partial charge in [-0.05, 0) is 36.2 Å². The van der Waals surface area contributed by atoms with Crippen molar-refractivity contribution in [3.8, 4) is 17.7 Å². The summed E-state index contributed by atoms with van der Waals surface area (Å²) in [4.78, 5) is 44.0. The maximum Gasteiger partial charge on any atom is 0.269 e. The summed E-state index contributed by atoms with van der Waals surface area (Å²) in [5.41, 5.74) is 5.95. The fourth-order valence-corrected chi connectivity index (χ4v) is 4.14. The van der Waals surface area contributed by atoms with Crippen molar-refractivity contribution in [2.75, 3.05) is 20.6 Å². The molecule has 0 saturated carbocycles. The van der Waals surface area contributed by atoms with E-state index in [9.17, 15) is 19.5 Å². The molecule has 4 rings (SSSR count). The third-order valence-electron chi connectivity index (χ3n) is 6.17. The summed E-state index contributed by atoms with van der Waals surface area (Å²) in [6.07, 6.45) is 3.01. The molecule has 1 aromatic carbocycles. The average molecular weight is 489 g/mol. The highest BCUT2D eigenvalue weighted by molar-refractivity contribution is 6.04. The van der Waals surface area contributed by atoms with Crippen molar-refractivity contribution in [1.82, 2.24) is 24.6 Å². The molecule has 36 heavy (non-hydrogen) atoms. The third-order valence-corrected chi connectivity index (χ3v) is 6.17. The normalized spacial score (nSPS) is 17.2. The van der Waals surface area contributed by atoms with E-state index in [1.165, 1.54) is 15.8 Å². The van der Waals surface area contributed by atoms with Crippen molar-refractivity contribution in [2.45, 2.75) is 38.3 Å². The smallest absolute Gasteiger partial charge is 0.269 e. The fraction of sp³-hybridized carbons (Fsp3) is 0.346. The van der Waals surface area contributed by atoms with Crippen molar-refractivity contribution >= 4 is 28.6 Å².